The maximum Gasteiger partial charge on any atom is 0.316 e. The van der Waals surface area contributed by atoms with Gasteiger partial charge in [0.15, 0.2) is 11.5 Å². The molecule has 116 valence electrons. The molecule has 0 aliphatic carbocycles. The Kier molecular flexibility index (Phi) is 4.63. The number of benzene rings is 1. The topological polar surface area (TPSA) is 53.5 Å². The van der Waals surface area contributed by atoms with E-state index in [1.165, 1.54) is 0 Å². The molecule has 22 heavy (non-hydrogen) atoms. The van der Waals surface area contributed by atoms with E-state index in [4.69, 9.17) is 25.8 Å². The zero-order chi connectivity index (χ0) is 15.4. The SMILES string of the molecule is Cc1cnc(OCCc2cc(Cl)c3c(c2)OCCCO3)nc1. The molecule has 0 saturated carbocycles. The molecule has 0 saturated heterocycles. The van der Waals surface area contributed by atoms with Crippen molar-refractivity contribution in [1.82, 2.24) is 9.97 Å². The van der Waals surface area contributed by atoms with Gasteiger partial charge in [0.2, 0.25) is 0 Å². The lowest BCUT2D eigenvalue weighted by atomic mass is 10.1. The highest BCUT2D eigenvalue weighted by Crippen LogP contribution is 2.38. The quantitative estimate of drug-likeness (QED) is 0.865. The second-order valence-electron chi connectivity index (χ2n) is 5.10. The van der Waals surface area contributed by atoms with Crippen LogP contribution < -0.4 is 14.2 Å². The van der Waals surface area contributed by atoms with Crippen LogP contribution in [0.4, 0.5) is 0 Å². The molecule has 0 spiro atoms. The predicted octanol–water partition coefficient (Wildman–Crippen LogP) is 3.22. The molecule has 1 aliphatic heterocycles. The summed E-state index contributed by atoms with van der Waals surface area (Å²) in [6, 6.07) is 4.21. The number of aromatic nitrogens is 2. The standard InChI is InChI=1S/C16H17ClN2O3/c1-11-9-18-16(19-10-11)22-6-3-12-7-13(17)15-14(8-12)20-4-2-5-21-15/h7-10H,2-6H2,1H3. The van der Waals surface area contributed by atoms with Gasteiger partial charge in [-0.2, -0.15) is 0 Å². The van der Waals surface area contributed by atoms with Crippen molar-refractivity contribution in [2.45, 2.75) is 19.8 Å². The van der Waals surface area contributed by atoms with Crippen molar-refractivity contribution < 1.29 is 14.2 Å². The first kappa shape index (κ1) is 14.9. The van der Waals surface area contributed by atoms with E-state index < -0.39 is 0 Å². The Labute approximate surface area is 134 Å². The van der Waals surface area contributed by atoms with E-state index in [1.54, 1.807) is 12.4 Å². The summed E-state index contributed by atoms with van der Waals surface area (Å²) in [5, 5.41) is 0.570. The maximum absolute atomic E-state index is 6.26. The average Bonchev–Trinajstić information content (AvgIpc) is 2.75. The molecule has 0 atom stereocenters. The summed E-state index contributed by atoms with van der Waals surface area (Å²) in [5.41, 5.74) is 2.03. The monoisotopic (exact) mass is 320 g/mol. The third-order valence-corrected chi connectivity index (χ3v) is 3.52. The third-order valence-electron chi connectivity index (χ3n) is 3.24. The maximum atomic E-state index is 6.26. The molecule has 3 rings (SSSR count). The molecule has 2 heterocycles. The lowest BCUT2D eigenvalue weighted by molar-refractivity contribution is 0.294. The van der Waals surface area contributed by atoms with Crippen LogP contribution in [0.1, 0.15) is 17.5 Å². The Hall–Kier alpha value is -2.01. The summed E-state index contributed by atoms with van der Waals surface area (Å²) in [4.78, 5) is 8.21. The summed E-state index contributed by atoms with van der Waals surface area (Å²) >= 11 is 6.26. The fourth-order valence-electron chi connectivity index (χ4n) is 2.14. The molecule has 1 aliphatic rings. The van der Waals surface area contributed by atoms with Crippen molar-refractivity contribution in [2.75, 3.05) is 19.8 Å². The van der Waals surface area contributed by atoms with E-state index in [9.17, 15) is 0 Å². The van der Waals surface area contributed by atoms with Gasteiger partial charge in [0.1, 0.15) is 0 Å². The number of hydrogen-bond donors (Lipinski definition) is 0. The summed E-state index contributed by atoms with van der Waals surface area (Å²) in [7, 11) is 0. The highest BCUT2D eigenvalue weighted by molar-refractivity contribution is 6.32. The highest BCUT2D eigenvalue weighted by Gasteiger charge is 2.15. The van der Waals surface area contributed by atoms with Gasteiger partial charge in [-0.25, -0.2) is 9.97 Å². The minimum absolute atomic E-state index is 0.381. The van der Waals surface area contributed by atoms with E-state index in [0.29, 0.717) is 48.8 Å². The molecule has 0 N–H and O–H groups in total. The molecule has 0 unspecified atom stereocenters. The second-order valence-corrected chi connectivity index (χ2v) is 5.50. The Morgan fingerprint density at radius 1 is 1.18 bits per heavy atom. The zero-order valence-electron chi connectivity index (χ0n) is 12.3. The van der Waals surface area contributed by atoms with Crippen LogP contribution in [0.2, 0.25) is 5.02 Å². The van der Waals surface area contributed by atoms with Gasteiger partial charge in [0.05, 0.1) is 24.8 Å². The number of rotatable bonds is 4. The fourth-order valence-corrected chi connectivity index (χ4v) is 2.43. The Morgan fingerprint density at radius 3 is 2.77 bits per heavy atom. The van der Waals surface area contributed by atoms with Gasteiger partial charge in [-0.3, -0.25) is 0 Å². The van der Waals surface area contributed by atoms with Gasteiger partial charge in [-0.1, -0.05) is 11.6 Å². The van der Waals surface area contributed by atoms with Crippen molar-refractivity contribution in [2.24, 2.45) is 0 Å². The lowest BCUT2D eigenvalue weighted by Gasteiger charge is -2.11. The average molecular weight is 321 g/mol. The smallest absolute Gasteiger partial charge is 0.316 e. The molecule has 5 nitrogen and oxygen atoms in total. The van der Waals surface area contributed by atoms with Gasteiger partial charge >= 0.3 is 6.01 Å². The van der Waals surface area contributed by atoms with Crippen LogP contribution in [-0.2, 0) is 6.42 Å². The van der Waals surface area contributed by atoms with Crippen molar-refractivity contribution in [3.63, 3.8) is 0 Å². The molecular formula is C16H17ClN2O3. The van der Waals surface area contributed by atoms with E-state index in [0.717, 1.165) is 17.5 Å². The lowest BCUT2D eigenvalue weighted by Crippen LogP contribution is -2.04. The number of fused-ring (bicyclic) bond motifs is 1. The molecule has 0 fully saturated rings. The predicted molar refractivity (Wildman–Crippen MR) is 83.0 cm³/mol. The van der Waals surface area contributed by atoms with E-state index in [-0.39, 0.29) is 0 Å². The summed E-state index contributed by atoms with van der Waals surface area (Å²) in [5.74, 6) is 1.33. The summed E-state index contributed by atoms with van der Waals surface area (Å²) in [6.07, 6.45) is 5.00. The van der Waals surface area contributed by atoms with Crippen LogP contribution in [-0.4, -0.2) is 29.8 Å². The molecule has 2 aromatic rings. The zero-order valence-corrected chi connectivity index (χ0v) is 13.1. The van der Waals surface area contributed by atoms with Crippen molar-refractivity contribution in [1.29, 1.82) is 0 Å². The Balaban J connectivity index is 1.64. The third kappa shape index (κ3) is 3.60. The van der Waals surface area contributed by atoms with Crippen LogP contribution in [0, 0.1) is 6.92 Å². The Bertz CT molecular complexity index is 647. The van der Waals surface area contributed by atoms with Crippen molar-refractivity contribution >= 4 is 11.6 Å². The fraction of sp³-hybridized carbons (Fsp3) is 0.375. The molecule has 1 aromatic carbocycles. The largest absolute Gasteiger partial charge is 0.489 e. The van der Waals surface area contributed by atoms with Crippen LogP contribution in [0.3, 0.4) is 0 Å². The number of nitrogens with zero attached hydrogens (tertiary/aromatic N) is 2. The first-order valence-electron chi connectivity index (χ1n) is 7.22. The molecular weight excluding hydrogens is 304 g/mol. The summed E-state index contributed by atoms with van der Waals surface area (Å²) in [6.45, 7) is 3.67. The van der Waals surface area contributed by atoms with Crippen LogP contribution >= 0.6 is 11.6 Å². The van der Waals surface area contributed by atoms with Gasteiger partial charge in [0.25, 0.3) is 0 Å². The van der Waals surface area contributed by atoms with Crippen LogP contribution in [0.5, 0.6) is 17.5 Å². The first-order valence-corrected chi connectivity index (χ1v) is 7.59. The summed E-state index contributed by atoms with van der Waals surface area (Å²) < 4.78 is 16.8. The molecule has 0 amide bonds. The highest BCUT2D eigenvalue weighted by atomic mass is 35.5. The number of ether oxygens (including phenoxy) is 3. The van der Waals surface area contributed by atoms with Crippen LogP contribution in [0.15, 0.2) is 24.5 Å². The van der Waals surface area contributed by atoms with Gasteiger partial charge < -0.3 is 14.2 Å². The minimum Gasteiger partial charge on any atom is -0.489 e. The van der Waals surface area contributed by atoms with E-state index in [2.05, 4.69) is 9.97 Å². The van der Waals surface area contributed by atoms with Gasteiger partial charge in [-0.05, 0) is 30.2 Å². The number of aryl methyl sites for hydroxylation is 1. The molecule has 0 bridgehead atoms. The molecule has 0 radical (unpaired) electrons. The Morgan fingerprint density at radius 2 is 1.95 bits per heavy atom. The normalized spacial score (nSPS) is 13.5. The minimum atomic E-state index is 0.381. The van der Waals surface area contributed by atoms with E-state index >= 15 is 0 Å². The number of halogens is 1. The molecule has 1 aromatic heterocycles. The second kappa shape index (κ2) is 6.83. The van der Waals surface area contributed by atoms with Crippen molar-refractivity contribution in [3.8, 4) is 17.5 Å². The van der Waals surface area contributed by atoms with Crippen LogP contribution in [0.25, 0.3) is 0 Å². The van der Waals surface area contributed by atoms with Gasteiger partial charge in [-0.15, -0.1) is 0 Å². The first-order chi connectivity index (χ1) is 10.7. The van der Waals surface area contributed by atoms with Crippen molar-refractivity contribution in [3.05, 3.63) is 40.7 Å². The van der Waals surface area contributed by atoms with Gasteiger partial charge in [0, 0.05) is 25.2 Å². The number of hydrogen-bond acceptors (Lipinski definition) is 5. The van der Waals surface area contributed by atoms with E-state index in [1.807, 2.05) is 19.1 Å². The molecule has 6 heteroatoms.